The van der Waals surface area contributed by atoms with Crippen LogP contribution in [0.5, 0.6) is 0 Å². The first-order valence-electron chi connectivity index (χ1n) is 6.24. The van der Waals surface area contributed by atoms with Crippen LogP contribution in [-0.2, 0) is 14.3 Å². The number of amides is 1. The number of hydrogen-bond acceptors (Lipinski definition) is 4. The van der Waals surface area contributed by atoms with E-state index in [0.29, 0.717) is 26.3 Å². The lowest BCUT2D eigenvalue weighted by atomic mass is 9.79. The van der Waals surface area contributed by atoms with Crippen molar-refractivity contribution in [2.75, 3.05) is 39.5 Å². The molecule has 1 amide bonds. The van der Waals surface area contributed by atoms with Crippen molar-refractivity contribution >= 4 is 5.91 Å². The van der Waals surface area contributed by atoms with Crippen molar-refractivity contribution in [3.63, 3.8) is 0 Å². The molecule has 2 rings (SSSR count). The van der Waals surface area contributed by atoms with Crippen molar-refractivity contribution < 1.29 is 14.3 Å². The van der Waals surface area contributed by atoms with E-state index in [1.165, 1.54) is 0 Å². The van der Waals surface area contributed by atoms with Crippen LogP contribution < -0.4 is 11.1 Å². The third-order valence-electron chi connectivity index (χ3n) is 3.90. The molecular formula is C12H22N2O3. The number of nitrogens with two attached hydrogens (primary N) is 1. The highest BCUT2D eigenvalue weighted by Gasteiger charge is 2.40. The number of hydrogen-bond donors (Lipinski definition) is 2. The molecule has 2 heterocycles. The summed E-state index contributed by atoms with van der Waals surface area (Å²) >= 11 is 0. The van der Waals surface area contributed by atoms with E-state index in [0.717, 1.165) is 26.1 Å². The normalized spacial score (nSPS) is 26.0. The predicted octanol–water partition coefficient (Wildman–Crippen LogP) is -0.105. The third-order valence-corrected chi connectivity index (χ3v) is 3.90. The van der Waals surface area contributed by atoms with Gasteiger partial charge in [-0.25, -0.2) is 0 Å². The van der Waals surface area contributed by atoms with Crippen molar-refractivity contribution in [2.45, 2.75) is 19.8 Å². The standard InChI is InChI=1S/C12H22N2O3/c1-11(8-17-9-11)7-14-10(15)12(6-13)2-4-16-5-3-12/h2-9,13H2,1H3,(H,14,15). The molecule has 2 aliphatic heterocycles. The van der Waals surface area contributed by atoms with Crippen LogP contribution in [0.3, 0.4) is 0 Å². The zero-order valence-corrected chi connectivity index (χ0v) is 10.5. The molecule has 5 nitrogen and oxygen atoms in total. The van der Waals surface area contributed by atoms with Crippen LogP contribution in [-0.4, -0.2) is 45.4 Å². The zero-order valence-electron chi connectivity index (χ0n) is 10.5. The van der Waals surface area contributed by atoms with E-state index >= 15 is 0 Å². The van der Waals surface area contributed by atoms with E-state index in [1.807, 2.05) is 0 Å². The summed E-state index contributed by atoms with van der Waals surface area (Å²) in [5.41, 5.74) is 5.47. The van der Waals surface area contributed by atoms with Crippen molar-refractivity contribution in [1.29, 1.82) is 0 Å². The summed E-state index contributed by atoms with van der Waals surface area (Å²) in [5, 5.41) is 3.03. The first-order chi connectivity index (χ1) is 8.10. The molecule has 0 radical (unpaired) electrons. The van der Waals surface area contributed by atoms with Crippen molar-refractivity contribution in [3.8, 4) is 0 Å². The number of carbonyl (C=O) groups excluding carboxylic acids is 1. The first-order valence-corrected chi connectivity index (χ1v) is 6.24. The summed E-state index contributed by atoms with van der Waals surface area (Å²) < 4.78 is 10.5. The monoisotopic (exact) mass is 242 g/mol. The molecule has 2 saturated heterocycles. The largest absolute Gasteiger partial charge is 0.381 e. The lowest BCUT2D eigenvalue weighted by Gasteiger charge is -2.40. The predicted molar refractivity (Wildman–Crippen MR) is 63.5 cm³/mol. The minimum atomic E-state index is -0.417. The molecule has 2 fully saturated rings. The van der Waals surface area contributed by atoms with Crippen LogP contribution in [0.4, 0.5) is 0 Å². The van der Waals surface area contributed by atoms with E-state index in [1.54, 1.807) is 0 Å². The Morgan fingerprint density at radius 2 is 1.94 bits per heavy atom. The lowest BCUT2D eigenvalue weighted by molar-refractivity contribution is -0.140. The van der Waals surface area contributed by atoms with Crippen molar-refractivity contribution in [3.05, 3.63) is 0 Å². The van der Waals surface area contributed by atoms with Gasteiger partial charge < -0.3 is 20.5 Å². The number of ether oxygens (including phenoxy) is 2. The van der Waals surface area contributed by atoms with Gasteiger partial charge in [0.25, 0.3) is 0 Å². The molecule has 0 aromatic rings. The van der Waals surface area contributed by atoms with E-state index in [9.17, 15) is 4.79 Å². The van der Waals surface area contributed by atoms with Crippen molar-refractivity contribution in [2.24, 2.45) is 16.6 Å². The Balaban J connectivity index is 1.88. The van der Waals surface area contributed by atoms with E-state index in [-0.39, 0.29) is 11.3 Å². The number of carbonyl (C=O) groups is 1. The molecule has 2 aliphatic rings. The molecule has 0 spiro atoms. The summed E-state index contributed by atoms with van der Waals surface area (Å²) in [6.07, 6.45) is 1.45. The second kappa shape index (κ2) is 4.92. The minimum absolute atomic E-state index is 0.0800. The Morgan fingerprint density at radius 1 is 1.29 bits per heavy atom. The smallest absolute Gasteiger partial charge is 0.227 e. The van der Waals surface area contributed by atoms with Gasteiger partial charge >= 0.3 is 0 Å². The zero-order chi connectivity index (χ0) is 12.4. The summed E-state index contributed by atoms with van der Waals surface area (Å²) in [7, 11) is 0. The maximum absolute atomic E-state index is 12.3. The number of nitrogens with one attached hydrogen (secondary N) is 1. The van der Waals surface area contributed by atoms with Gasteiger partial charge in [0, 0.05) is 31.7 Å². The highest BCUT2D eigenvalue weighted by atomic mass is 16.5. The maximum Gasteiger partial charge on any atom is 0.227 e. The molecule has 17 heavy (non-hydrogen) atoms. The molecule has 5 heteroatoms. The van der Waals surface area contributed by atoms with Crippen LogP contribution in [0.15, 0.2) is 0 Å². The Kier molecular flexibility index (Phi) is 3.70. The molecule has 0 aromatic heterocycles. The quantitative estimate of drug-likeness (QED) is 0.721. The minimum Gasteiger partial charge on any atom is -0.381 e. The fourth-order valence-electron chi connectivity index (χ4n) is 2.32. The number of rotatable bonds is 4. The SMILES string of the molecule is CC1(CNC(=O)C2(CN)CCOCC2)COC1. The molecule has 0 aliphatic carbocycles. The average molecular weight is 242 g/mol. The lowest BCUT2D eigenvalue weighted by Crippen LogP contribution is -2.54. The van der Waals surface area contributed by atoms with Gasteiger partial charge in [-0.1, -0.05) is 6.92 Å². The van der Waals surface area contributed by atoms with Crippen LogP contribution in [0.1, 0.15) is 19.8 Å². The summed E-state index contributed by atoms with van der Waals surface area (Å²) in [6.45, 7) is 5.91. The maximum atomic E-state index is 12.3. The van der Waals surface area contributed by atoms with Gasteiger partial charge in [-0.05, 0) is 12.8 Å². The highest BCUT2D eigenvalue weighted by molar-refractivity contribution is 5.83. The summed E-state index contributed by atoms with van der Waals surface area (Å²) in [5.74, 6) is 0.0800. The molecule has 0 saturated carbocycles. The Hall–Kier alpha value is -0.650. The summed E-state index contributed by atoms with van der Waals surface area (Å²) in [4.78, 5) is 12.3. The molecular weight excluding hydrogens is 220 g/mol. The van der Waals surface area contributed by atoms with E-state index < -0.39 is 5.41 Å². The Labute approximate surface area is 102 Å². The van der Waals surface area contributed by atoms with E-state index in [2.05, 4.69) is 12.2 Å². The fourth-order valence-corrected chi connectivity index (χ4v) is 2.32. The Morgan fingerprint density at radius 3 is 2.41 bits per heavy atom. The van der Waals surface area contributed by atoms with Crippen LogP contribution in [0.2, 0.25) is 0 Å². The Bertz CT molecular complexity index is 283. The van der Waals surface area contributed by atoms with Crippen molar-refractivity contribution in [1.82, 2.24) is 5.32 Å². The molecule has 98 valence electrons. The van der Waals surface area contributed by atoms with Gasteiger partial charge in [-0.15, -0.1) is 0 Å². The second-order valence-corrected chi connectivity index (χ2v) is 5.58. The molecule has 0 unspecified atom stereocenters. The third kappa shape index (κ3) is 2.61. The molecule has 0 atom stereocenters. The van der Waals surface area contributed by atoms with Crippen LogP contribution in [0, 0.1) is 10.8 Å². The van der Waals surface area contributed by atoms with Gasteiger partial charge in [0.1, 0.15) is 0 Å². The van der Waals surface area contributed by atoms with Crippen LogP contribution >= 0.6 is 0 Å². The van der Waals surface area contributed by atoms with E-state index in [4.69, 9.17) is 15.2 Å². The molecule has 3 N–H and O–H groups in total. The van der Waals surface area contributed by atoms with Gasteiger partial charge in [0.15, 0.2) is 0 Å². The second-order valence-electron chi connectivity index (χ2n) is 5.58. The first kappa shape index (κ1) is 12.8. The topological polar surface area (TPSA) is 73.6 Å². The highest BCUT2D eigenvalue weighted by Crippen LogP contribution is 2.31. The van der Waals surface area contributed by atoms with Crippen LogP contribution in [0.25, 0.3) is 0 Å². The fraction of sp³-hybridized carbons (Fsp3) is 0.917. The van der Waals surface area contributed by atoms with Gasteiger partial charge in [0.2, 0.25) is 5.91 Å². The van der Waals surface area contributed by atoms with Gasteiger partial charge in [-0.3, -0.25) is 4.79 Å². The van der Waals surface area contributed by atoms with Gasteiger partial charge in [0.05, 0.1) is 18.6 Å². The van der Waals surface area contributed by atoms with Gasteiger partial charge in [-0.2, -0.15) is 0 Å². The average Bonchev–Trinajstić information content (AvgIpc) is 2.34. The molecule has 0 bridgehead atoms. The summed E-state index contributed by atoms with van der Waals surface area (Å²) in [6, 6.07) is 0. The molecule has 0 aromatic carbocycles.